The monoisotopic (exact) mass is 499 g/mol. The van der Waals surface area contributed by atoms with Gasteiger partial charge in [0.1, 0.15) is 11.6 Å². The van der Waals surface area contributed by atoms with Gasteiger partial charge in [-0.05, 0) is 79.9 Å². The molecule has 3 heterocycles. The summed E-state index contributed by atoms with van der Waals surface area (Å²) < 4.78 is 56.8. The molecule has 1 saturated heterocycles. The fraction of sp³-hybridized carbons (Fsp3) is 0.346. The van der Waals surface area contributed by atoms with Gasteiger partial charge in [0.15, 0.2) is 6.04 Å². The normalized spacial score (nSPS) is 16.5. The average molecular weight is 500 g/mol. The molecule has 1 aliphatic heterocycles. The number of piperidine rings is 1. The third-order valence-electron chi connectivity index (χ3n) is 6.79. The number of hydrogen-bond donors (Lipinski definition) is 1. The summed E-state index contributed by atoms with van der Waals surface area (Å²) in [5, 5.41) is 0.698. The van der Waals surface area contributed by atoms with Gasteiger partial charge in [-0.25, -0.2) is 9.37 Å². The number of aromatic nitrogens is 3. The van der Waals surface area contributed by atoms with Crippen molar-refractivity contribution < 1.29 is 22.4 Å². The lowest BCUT2D eigenvalue weighted by Crippen LogP contribution is -2.43. The highest BCUT2D eigenvalue weighted by molar-refractivity contribution is 5.97. The van der Waals surface area contributed by atoms with Crippen LogP contribution in [0.2, 0.25) is 0 Å². The fourth-order valence-electron chi connectivity index (χ4n) is 5.05. The van der Waals surface area contributed by atoms with E-state index < -0.39 is 12.2 Å². The van der Waals surface area contributed by atoms with Crippen LogP contribution in [-0.4, -0.2) is 64.0 Å². The molecule has 0 aliphatic carbocycles. The molecule has 188 valence electrons. The van der Waals surface area contributed by atoms with Gasteiger partial charge < -0.3 is 9.88 Å². The van der Waals surface area contributed by atoms with Crippen LogP contribution in [0.15, 0.2) is 48.7 Å². The van der Waals surface area contributed by atoms with Crippen LogP contribution < -0.4 is 0 Å². The Bertz CT molecular complexity index is 1420. The highest BCUT2D eigenvalue weighted by atomic mass is 19.4. The number of nitrogens with zero attached hydrogens (tertiary/aromatic N) is 4. The lowest BCUT2D eigenvalue weighted by atomic mass is 9.87. The van der Waals surface area contributed by atoms with Crippen molar-refractivity contribution in [1.29, 1.82) is 0 Å². The second kappa shape index (κ2) is 9.16. The molecule has 5 rings (SSSR count). The van der Waals surface area contributed by atoms with Crippen LogP contribution in [0, 0.1) is 5.82 Å². The van der Waals surface area contributed by atoms with E-state index in [1.807, 2.05) is 6.07 Å². The molecule has 6 nitrogen and oxygen atoms in total. The Labute approximate surface area is 204 Å². The lowest BCUT2D eigenvalue weighted by molar-refractivity contribution is -0.191. The Balaban J connectivity index is 1.41. The van der Waals surface area contributed by atoms with Crippen LogP contribution in [0.4, 0.5) is 17.6 Å². The number of aromatic amines is 1. The molecule has 0 unspecified atom stereocenters. The maximum absolute atomic E-state index is 14.3. The summed E-state index contributed by atoms with van der Waals surface area (Å²) in [6.45, 7) is 0.408. The van der Waals surface area contributed by atoms with Crippen molar-refractivity contribution in [2.24, 2.45) is 0 Å². The lowest BCUT2D eigenvalue weighted by Gasteiger charge is -2.37. The molecule has 1 N–H and O–H groups in total. The number of nitrogens with one attached hydrogen (secondary N) is 1. The van der Waals surface area contributed by atoms with Gasteiger partial charge in [0.25, 0.3) is 5.91 Å². The Kier molecular flexibility index (Phi) is 6.15. The van der Waals surface area contributed by atoms with Gasteiger partial charge in [-0.2, -0.15) is 13.2 Å². The molecular formula is C26H25F4N5O. The Hall–Kier alpha value is -3.53. The summed E-state index contributed by atoms with van der Waals surface area (Å²) in [5.74, 6) is -0.808. The average Bonchev–Trinajstić information content (AvgIpc) is 3.25. The summed E-state index contributed by atoms with van der Waals surface area (Å²) in [6.07, 6.45) is -1.91. The molecule has 10 heteroatoms. The number of likely N-dealkylation sites (tertiary alicyclic amines) is 1. The number of imidazole rings is 1. The van der Waals surface area contributed by atoms with Crippen LogP contribution in [0.25, 0.3) is 21.9 Å². The first-order chi connectivity index (χ1) is 17.1. The smallest absolute Gasteiger partial charge is 0.345 e. The summed E-state index contributed by atoms with van der Waals surface area (Å²) in [6, 6.07) is 8.98. The molecule has 0 bridgehead atoms. The first-order valence-electron chi connectivity index (χ1n) is 11.7. The summed E-state index contributed by atoms with van der Waals surface area (Å²) in [5.41, 5.74) is 2.69. The van der Waals surface area contributed by atoms with Crippen LogP contribution >= 0.6 is 0 Å². The largest absolute Gasteiger partial charge is 0.411 e. The van der Waals surface area contributed by atoms with Crippen molar-refractivity contribution in [3.05, 3.63) is 71.4 Å². The standard InChI is InChI=1S/C26H25F4N5O/c1-34(2)25(36)16-3-5-21-22(13-16)33-24(32-21)23(26(28,29)30)35-11-8-15(9-12-35)18-7-10-31-20-6-4-17(27)14-19(18)20/h3-7,10,13-15,23H,8-9,11-12H2,1-2H3,(H,32,33)/t23-/m0/s1. The van der Waals surface area contributed by atoms with Gasteiger partial charge in [0.2, 0.25) is 0 Å². The topological polar surface area (TPSA) is 65.1 Å². The molecule has 0 radical (unpaired) electrons. The summed E-state index contributed by atoms with van der Waals surface area (Å²) in [4.78, 5) is 26.4. The number of carbonyl (C=O) groups is 1. The van der Waals surface area contributed by atoms with Gasteiger partial charge in [-0.1, -0.05) is 0 Å². The quantitative estimate of drug-likeness (QED) is 0.380. The van der Waals surface area contributed by atoms with E-state index in [-0.39, 0.29) is 36.6 Å². The molecule has 1 amide bonds. The molecule has 36 heavy (non-hydrogen) atoms. The Morgan fingerprint density at radius 2 is 1.81 bits per heavy atom. The number of hydrogen-bond acceptors (Lipinski definition) is 4. The third-order valence-corrected chi connectivity index (χ3v) is 6.79. The SMILES string of the molecule is CN(C)C(=O)c1ccc2nc([C@H](N3CCC(c4ccnc5ccc(F)cc45)CC3)C(F)(F)F)[nH]c2c1. The van der Waals surface area contributed by atoms with Gasteiger partial charge in [0.05, 0.1) is 16.6 Å². The number of H-pyrrole nitrogens is 1. The van der Waals surface area contributed by atoms with Crippen molar-refractivity contribution >= 4 is 27.8 Å². The van der Waals surface area contributed by atoms with E-state index in [1.165, 1.54) is 28.0 Å². The van der Waals surface area contributed by atoms with Crippen molar-refractivity contribution in [1.82, 2.24) is 24.8 Å². The summed E-state index contributed by atoms with van der Waals surface area (Å²) in [7, 11) is 3.22. The minimum Gasteiger partial charge on any atom is -0.345 e. The van der Waals surface area contributed by atoms with Crippen molar-refractivity contribution in [3.8, 4) is 0 Å². The van der Waals surface area contributed by atoms with E-state index >= 15 is 0 Å². The third kappa shape index (κ3) is 4.53. The van der Waals surface area contributed by atoms with E-state index in [1.54, 1.807) is 38.5 Å². The number of rotatable bonds is 4. The maximum Gasteiger partial charge on any atom is 0.411 e. The number of alkyl halides is 3. The second-order valence-corrected chi connectivity index (χ2v) is 9.37. The predicted molar refractivity (Wildman–Crippen MR) is 128 cm³/mol. The van der Waals surface area contributed by atoms with E-state index in [4.69, 9.17) is 0 Å². The molecule has 2 aromatic heterocycles. The first kappa shape index (κ1) is 24.2. The molecule has 4 aromatic rings. The first-order valence-corrected chi connectivity index (χ1v) is 11.7. The highest BCUT2D eigenvalue weighted by Crippen LogP contribution is 2.41. The van der Waals surface area contributed by atoms with Crippen LogP contribution in [0.1, 0.15) is 46.5 Å². The minimum atomic E-state index is -4.55. The number of carbonyl (C=O) groups excluding carboxylic acids is 1. The number of fused-ring (bicyclic) bond motifs is 2. The second-order valence-electron chi connectivity index (χ2n) is 9.37. The minimum absolute atomic E-state index is 0.00212. The highest BCUT2D eigenvalue weighted by Gasteiger charge is 2.47. The molecular weight excluding hydrogens is 474 g/mol. The van der Waals surface area contributed by atoms with Crippen molar-refractivity contribution in [2.75, 3.05) is 27.2 Å². The number of benzene rings is 2. The van der Waals surface area contributed by atoms with Crippen molar-refractivity contribution in [2.45, 2.75) is 31.0 Å². The molecule has 2 aromatic carbocycles. The van der Waals surface area contributed by atoms with Crippen LogP contribution in [0.5, 0.6) is 0 Å². The molecule has 0 saturated carbocycles. The van der Waals surface area contributed by atoms with Gasteiger partial charge in [-0.3, -0.25) is 14.7 Å². The van der Waals surface area contributed by atoms with Gasteiger partial charge in [0, 0.05) is 31.2 Å². The van der Waals surface area contributed by atoms with E-state index in [0.29, 0.717) is 40.3 Å². The fourth-order valence-corrected chi connectivity index (χ4v) is 5.05. The van der Waals surface area contributed by atoms with E-state index in [0.717, 1.165) is 5.56 Å². The zero-order chi connectivity index (χ0) is 25.6. The molecule has 0 spiro atoms. The van der Waals surface area contributed by atoms with Crippen LogP contribution in [-0.2, 0) is 0 Å². The maximum atomic E-state index is 14.3. The van der Waals surface area contributed by atoms with E-state index in [9.17, 15) is 22.4 Å². The number of amides is 1. The van der Waals surface area contributed by atoms with Gasteiger partial charge in [-0.15, -0.1) is 0 Å². The van der Waals surface area contributed by atoms with E-state index in [2.05, 4.69) is 15.0 Å². The summed E-state index contributed by atoms with van der Waals surface area (Å²) >= 11 is 0. The Morgan fingerprint density at radius 3 is 2.50 bits per heavy atom. The molecule has 1 atom stereocenters. The predicted octanol–water partition coefficient (Wildman–Crippen LogP) is 5.44. The molecule has 1 fully saturated rings. The van der Waals surface area contributed by atoms with Crippen LogP contribution in [0.3, 0.4) is 0 Å². The zero-order valence-electron chi connectivity index (χ0n) is 19.8. The zero-order valence-corrected chi connectivity index (χ0v) is 19.8. The van der Waals surface area contributed by atoms with Crippen molar-refractivity contribution in [3.63, 3.8) is 0 Å². The van der Waals surface area contributed by atoms with Gasteiger partial charge >= 0.3 is 6.18 Å². The molecule has 1 aliphatic rings. The number of pyridine rings is 1. The Morgan fingerprint density at radius 1 is 1.08 bits per heavy atom. The number of halogens is 4.